The number of hydrogen-bond donors (Lipinski definition) is 2. The van der Waals surface area contributed by atoms with Crippen LogP contribution in [0.4, 0.5) is 17.1 Å². The Morgan fingerprint density at radius 1 is 1.00 bits per heavy atom. The van der Waals surface area contributed by atoms with Crippen LogP contribution < -0.4 is 10.7 Å². The van der Waals surface area contributed by atoms with Crippen molar-refractivity contribution < 1.29 is 24.4 Å². The third-order valence-corrected chi connectivity index (χ3v) is 4.33. The smallest absolute Gasteiger partial charge is 0.292 e. The van der Waals surface area contributed by atoms with Crippen molar-refractivity contribution in [3.8, 4) is 0 Å². The molecule has 0 heterocycles. The summed E-state index contributed by atoms with van der Waals surface area (Å²) in [7, 11) is 0. The monoisotopic (exact) mass is 494 g/mol. The number of carbonyl (C=O) groups excluding carboxylic acids is 2. The van der Waals surface area contributed by atoms with Gasteiger partial charge in [0.25, 0.3) is 28.9 Å². The van der Waals surface area contributed by atoms with E-state index in [4.69, 9.17) is 0 Å². The Balaban J connectivity index is 2.14. The fourth-order valence-electron chi connectivity index (χ4n) is 2.26. The van der Waals surface area contributed by atoms with Gasteiger partial charge in [0.2, 0.25) is 0 Å². The molecule has 2 rings (SSSR count). The minimum Gasteiger partial charge on any atom is -0.343 e. The number of benzene rings is 2. The lowest BCUT2D eigenvalue weighted by molar-refractivity contribution is -0.403. The van der Waals surface area contributed by atoms with E-state index >= 15 is 0 Å². The van der Waals surface area contributed by atoms with Crippen molar-refractivity contribution in [3.05, 3.63) is 82.3 Å². The Labute approximate surface area is 180 Å². The topological polar surface area (TPSA) is 200 Å². The Bertz CT molecular complexity index is 1080. The molecule has 15 heteroatoms. The summed E-state index contributed by atoms with van der Waals surface area (Å²) in [6.45, 7) is -0.512. The van der Waals surface area contributed by atoms with E-state index in [1.54, 1.807) is 18.2 Å². The highest BCUT2D eigenvalue weighted by Gasteiger charge is 2.29. The van der Waals surface area contributed by atoms with Crippen molar-refractivity contribution in [2.24, 2.45) is 5.10 Å². The molecule has 0 aliphatic heterocycles. The Morgan fingerprint density at radius 3 is 2.10 bits per heavy atom. The molecule has 2 N–H and O–H groups in total. The van der Waals surface area contributed by atoms with Crippen LogP contribution in [0.1, 0.15) is 15.9 Å². The van der Waals surface area contributed by atoms with Gasteiger partial charge in [0.1, 0.15) is 0 Å². The summed E-state index contributed by atoms with van der Waals surface area (Å²) in [4.78, 5) is 53.9. The SMILES string of the molecule is O=C(CNC(=O)c1ccccc1Br)NN=Cc1c([N+](=O)[O-])cc([N+](=O)[O-])cc1[N+](=O)[O-]. The maximum atomic E-state index is 12.0. The average Bonchev–Trinajstić information content (AvgIpc) is 2.71. The number of halogens is 1. The Hall–Kier alpha value is -4.27. The van der Waals surface area contributed by atoms with E-state index in [0.717, 1.165) is 0 Å². The first kappa shape index (κ1) is 23.0. The number of amides is 2. The van der Waals surface area contributed by atoms with Crippen LogP contribution in [-0.4, -0.2) is 39.3 Å². The van der Waals surface area contributed by atoms with E-state index in [0.29, 0.717) is 22.8 Å². The molecule has 14 nitrogen and oxygen atoms in total. The molecule has 0 unspecified atom stereocenters. The van der Waals surface area contributed by atoms with Gasteiger partial charge in [-0.25, -0.2) is 5.43 Å². The summed E-state index contributed by atoms with van der Waals surface area (Å²) in [6.07, 6.45) is 0.619. The number of nitro groups is 3. The molecule has 0 aliphatic carbocycles. The first-order valence-electron chi connectivity index (χ1n) is 8.07. The predicted octanol–water partition coefficient (Wildman–Crippen LogP) is 2.05. The molecule has 0 aliphatic rings. The molecule has 0 aromatic heterocycles. The third-order valence-electron chi connectivity index (χ3n) is 3.64. The van der Waals surface area contributed by atoms with Crippen LogP contribution in [-0.2, 0) is 4.79 Å². The first-order valence-corrected chi connectivity index (χ1v) is 8.87. The Morgan fingerprint density at radius 2 is 1.58 bits per heavy atom. The van der Waals surface area contributed by atoms with E-state index in [1.165, 1.54) is 6.07 Å². The van der Waals surface area contributed by atoms with Gasteiger partial charge in [-0.3, -0.25) is 39.9 Å². The van der Waals surface area contributed by atoms with Crippen molar-refractivity contribution in [1.82, 2.24) is 10.7 Å². The minimum absolute atomic E-state index is 0.274. The molecule has 0 atom stereocenters. The van der Waals surface area contributed by atoms with Crippen molar-refractivity contribution in [2.45, 2.75) is 0 Å². The number of hydrazone groups is 1. The van der Waals surface area contributed by atoms with Crippen molar-refractivity contribution >= 4 is 51.0 Å². The second-order valence-electron chi connectivity index (χ2n) is 5.62. The van der Waals surface area contributed by atoms with Crippen LogP contribution in [0.25, 0.3) is 0 Å². The summed E-state index contributed by atoms with van der Waals surface area (Å²) in [5.74, 6) is -1.39. The molecule has 2 amide bonds. The number of rotatable bonds is 8. The molecule has 0 saturated heterocycles. The number of nitro benzene ring substituents is 3. The van der Waals surface area contributed by atoms with Crippen molar-refractivity contribution in [1.29, 1.82) is 0 Å². The van der Waals surface area contributed by atoms with Gasteiger partial charge in [-0.15, -0.1) is 0 Å². The number of carbonyl (C=O) groups is 2. The van der Waals surface area contributed by atoms with Gasteiger partial charge in [0.05, 0.1) is 45.2 Å². The maximum absolute atomic E-state index is 12.0. The first-order chi connectivity index (χ1) is 14.6. The van der Waals surface area contributed by atoms with Gasteiger partial charge in [-0.2, -0.15) is 5.10 Å². The summed E-state index contributed by atoms with van der Waals surface area (Å²) in [5.41, 5.74) is -1.17. The van der Waals surface area contributed by atoms with Gasteiger partial charge in [0, 0.05) is 4.47 Å². The molecule has 0 bridgehead atoms. The molecule has 31 heavy (non-hydrogen) atoms. The van der Waals surface area contributed by atoms with E-state index in [9.17, 15) is 39.9 Å². The fraction of sp³-hybridized carbons (Fsp3) is 0.0625. The lowest BCUT2D eigenvalue weighted by Crippen LogP contribution is -2.35. The summed E-state index contributed by atoms with van der Waals surface area (Å²) >= 11 is 3.19. The minimum atomic E-state index is -1.05. The van der Waals surface area contributed by atoms with Crippen molar-refractivity contribution in [3.63, 3.8) is 0 Å². The quantitative estimate of drug-likeness (QED) is 0.315. The predicted molar refractivity (Wildman–Crippen MR) is 109 cm³/mol. The van der Waals surface area contributed by atoms with E-state index in [2.05, 4.69) is 26.3 Å². The van der Waals surface area contributed by atoms with Crippen LogP contribution in [0.15, 0.2) is 46.0 Å². The van der Waals surface area contributed by atoms with Gasteiger partial charge in [0.15, 0.2) is 5.56 Å². The van der Waals surface area contributed by atoms with E-state index in [-0.39, 0.29) is 5.56 Å². The molecule has 0 spiro atoms. The van der Waals surface area contributed by atoms with Crippen LogP contribution in [0, 0.1) is 30.3 Å². The second kappa shape index (κ2) is 9.97. The van der Waals surface area contributed by atoms with Crippen molar-refractivity contribution in [2.75, 3.05) is 6.54 Å². The largest absolute Gasteiger partial charge is 0.343 e. The summed E-state index contributed by atoms with van der Waals surface area (Å²) in [5, 5.41) is 38.9. The summed E-state index contributed by atoms with van der Waals surface area (Å²) < 4.78 is 0.503. The normalized spacial score (nSPS) is 10.5. The zero-order valence-corrected chi connectivity index (χ0v) is 16.8. The Kier molecular flexibility index (Phi) is 7.40. The molecule has 0 saturated carbocycles. The van der Waals surface area contributed by atoms with Crippen LogP contribution in [0.5, 0.6) is 0 Å². The molecular weight excluding hydrogens is 484 g/mol. The molecule has 2 aromatic rings. The zero-order chi connectivity index (χ0) is 23.1. The number of nitrogens with zero attached hydrogens (tertiary/aromatic N) is 4. The highest BCUT2D eigenvalue weighted by atomic mass is 79.9. The van der Waals surface area contributed by atoms with Crippen LogP contribution in [0.3, 0.4) is 0 Å². The van der Waals surface area contributed by atoms with Gasteiger partial charge in [-0.05, 0) is 28.1 Å². The lowest BCUT2D eigenvalue weighted by Gasteiger charge is -2.05. The average molecular weight is 495 g/mol. The van der Waals surface area contributed by atoms with Gasteiger partial charge < -0.3 is 5.32 Å². The molecule has 0 fully saturated rings. The highest BCUT2D eigenvalue weighted by molar-refractivity contribution is 9.10. The molecule has 2 aromatic carbocycles. The zero-order valence-electron chi connectivity index (χ0n) is 15.2. The molecule has 160 valence electrons. The molecular formula is C16H11BrN6O8. The van der Waals surface area contributed by atoms with E-state index < -0.39 is 55.8 Å². The highest BCUT2D eigenvalue weighted by Crippen LogP contribution is 2.32. The second-order valence-corrected chi connectivity index (χ2v) is 6.48. The van der Waals surface area contributed by atoms with Crippen LogP contribution in [0.2, 0.25) is 0 Å². The van der Waals surface area contributed by atoms with Gasteiger partial charge >= 0.3 is 0 Å². The van der Waals surface area contributed by atoms with E-state index in [1.807, 2.05) is 5.43 Å². The standard InChI is InChI=1S/C16H11BrN6O8/c17-12-4-2-1-3-10(12)16(25)18-8-15(24)20-19-7-11-13(22(28)29)5-9(21(26)27)6-14(11)23(30)31/h1-7H,8H2,(H,18,25)(H,20,24). The van der Waals surface area contributed by atoms with Crippen LogP contribution >= 0.6 is 15.9 Å². The lowest BCUT2D eigenvalue weighted by atomic mass is 10.1. The number of hydrogen-bond acceptors (Lipinski definition) is 9. The maximum Gasteiger partial charge on any atom is 0.292 e. The summed E-state index contributed by atoms with van der Waals surface area (Å²) in [6, 6.07) is 7.53. The van der Waals surface area contributed by atoms with Gasteiger partial charge in [-0.1, -0.05) is 12.1 Å². The fourth-order valence-corrected chi connectivity index (χ4v) is 2.72. The molecule has 0 radical (unpaired) electrons. The third kappa shape index (κ3) is 5.86. The number of non-ortho nitro benzene ring substituents is 1. The number of nitrogens with one attached hydrogen (secondary N) is 2.